The maximum atomic E-state index is 12.3. The van der Waals surface area contributed by atoms with Gasteiger partial charge in [-0.2, -0.15) is 0 Å². The summed E-state index contributed by atoms with van der Waals surface area (Å²) in [5.41, 5.74) is -0.193. The predicted molar refractivity (Wildman–Crippen MR) is 111 cm³/mol. The van der Waals surface area contributed by atoms with Crippen molar-refractivity contribution < 1.29 is 32.4 Å². The van der Waals surface area contributed by atoms with E-state index in [0.717, 1.165) is 4.31 Å². The zero-order chi connectivity index (χ0) is 23.2. The first-order chi connectivity index (χ1) is 14.5. The summed E-state index contributed by atoms with van der Waals surface area (Å²) in [5, 5.41) is 13.3. The number of nitrogens with zero attached hydrogens (tertiary/aromatic N) is 2. The lowest BCUT2D eigenvalue weighted by Gasteiger charge is -2.14. The first-order valence-corrected chi connectivity index (χ1v) is 10.4. The van der Waals surface area contributed by atoms with Crippen molar-refractivity contribution in [2.45, 2.75) is 4.90 Å². The van der Waals surface area contributed by atoms with Crippen LogP contribution < -0.4 is 10.1 Å². The number of nitro benzene ring substituents is 1. The summed E-state index contributed by atoms with van der Waals surface area (Å²) in [6.07, 6.45) is 0. The van der Waals surface area contributed by atoms with Crippen molar-refractivity contribution in [2.24, 2.45) is 0 Å². The molecule has 0 saturated heterocycles. The van der Waals surface area contributed by atoms with E-state index in [1.54, 1.807) is 0 Å². The second kappa shape index (κ2) is 10.2. The van der Waals surface area contributed by atoms with E-state index in [1.165, 1.54) is 56.6 Å². The van der Waals surface area contributed by atoms with Crippen molar-refractivity contribution in [1.82, 2.24) is 4.31 Å². The van der Waals surface area contributed by atoms with Gasteiger partial charge in [-0.1, -0.05) is 23.7 Å². The number of rotatable bonds is 9. The third-order valence-electron chi connectivity index (χ3n) is 3.75. The van der Waals surface area contributed by atoms with Crippen LogP contribution in [-0.2, 0) is 24.3 Å². The van der Waals surface area contributed by atoms with Gasteiger partial charge in [0.1, 0.15) is 4.90 Å². The molecular weight excluding hydrogens is 454 g/mol. The fraction of sp³-hybridized carbons (Fsp3) is 0.222. The van der Waals surface area contributed by atoms with Crippen LogP contribution in [-0.4, -0.2) is 56.8 Å². The molecule has 0 aromatic heterocycles. The highest BCUT2D eigenvalue weighted by molar-refractivity contribution is 7.89. The van der Waals surface area contributed by atoms with Gasteiger partial charge in [-0.3, -0.25) is 14.9 Å². The van der Waals surface area contributed by atoms with E-state index in [-0.39, 0.29) is 27.0 Å². The Morgan fingerprint density at radius 2 is 1.84 bits per heavy atom. The first kappa shape index (κ1) is 24.1. The van der Waals surface area contributed by atoms with Crippen molar-refractivity contribution in [1.29, 1.82) is 0 Å². The van der Waals surface area contributed by atoms with E-state index >= 15 is 0 Å². The van der Waals surface area contributed by atoms with Gasteiger partial charge in [-0.15, -0.1) is 0 Å². The average Bonchev–Trinajstić information content (AvgIpc) is 2.72. The molecule has 1 amide bonds. The van der Waals surface area contributed by atoms with Crippen molar-refractivity contribution in [3.05, 3.63) is 57.6 Å². The Kier molecular flexibility index (Phi) is 7.91. The molecule has 166 valence electrons. The molecule has 0 unspecified atom stereocenters. The minimum Gasteiger partial charge on any atom is -0.475 e. The molecule has 13 heteroatoms. The molecule has 0 aliphatic carbocycles. The van der Waals surface area contributed by atoms with Crippen LogP contribution in [0.25, 0.3) is 0 Å². The molecule has 2 rings (SSSR count). The Labute approximate surface area is 182 Å². The molecular formula is C18H18ClN3O8S. The monoisotopic (exact) mass is 471 g/mol. The van der Waals surface area contributed by atoms with Gasteiger partial charge < -0.3 is 14.8 Å². The first-order valence-electron chi connectivity index (χ1n) is 8.56. The van der Waals surface area contributed by atoms with E-state index in [2.05, 4.69) is 5.32 Å². The van der Waals surface area contributed by atoms with Gasteiger partial charge in [0.25, 0.3) is 5.91 Å². The fourth-order valence-electron chi connectivity index (χ4n) is 2.23. The van der Waals surface area contributed by atoms with Crippen molar-refractivity contribution in [3.63, 3.8) is 0 Å². The maximum Gasteiger partial charge on any atom is 0.344 e. The van der Waals surface area contributed by atoms with Gasteiger partial charge in [-0.05, 0) is 24.3 Å². The second-order valence-corrected chi connectivity index (χ2v) is 8.68. The number of anilines is 1. The Morgan fingerprint density at radius 3 is 2.48 bits per heavy atom. The second-order valence-electron chi connectivity index (χ2n) is 6.15. The number of nitro groups is 1. The van der Waals surface area contributed by atoms with E-state index in [4.69, 9.17) is 21.1 Å². The number of sulfonamides is 1. The highest BCUT2D eigenvalue weighted by Gasteiger charge is 2.22. The number of hydrogen-bond donors (Lipinski definition) is 1. The molecule has 0 aliphatic rings. The number of benzene rings is 2. The van der Waals surface area contributed by atoms with Gasteiger partial charge >= 0.3 is 11.7 Å². The molecule has 11 nitrogen and oxygen atoms in total. The Hall–Kier alpha value is -3.22. The van der Waals surface area contributed by atoms with E-state index in [1.807, 2.05) is 0 Å². The number of carbonyl (C=O) groups excluding carboxylic acids is 2. The Morgan fingerprint density at radius 1 is 1.16 bits per heavy atom. The molecule has 2 aromatic rings. The van der Waals surface area contributed by atoms with E-state index < -0.39 is 40.0 Å². The SMILES string of the molecule is CN(C)S(=O)(=O)c1cc(NC(=O)COC(=O)COc2ccccc2[N+](=O)[O-])ccc1Cl. The summed E-state index contributed by atoms with van der Waals surface area (Å²) < 4.78 is 35.3. The maximum absolute atomic E-state index is 12.3. The van der Waals surface area contributed by atoms with Crippen LogP contribution in [0.1, 0.15) is 0 Å². The van der Waals surface area contributed by atoms with Crippen LogP contribution in [0.3, 0.4) is 0 Å². The number of amides is 1. The normalized spacial score (nSPS) is 11.1. The average molecular weight is 472 g/mol. The minimum atomic E-state index is -3.83. The molecule has 0 aliphatic heterocycles. The number of hydrogen-bond acceptors (Lipinski definition) is 8. The van der Waals surface area contributed by atoms with Crippen LogP contribution in [0.15, 0.2) is 47.4 Å². The number of esters is 1. The Balaban J connectivity index is 1.93. The molecule has 1 N–H and O–H groups in total. The smallest absolute Gasteiger partial charge is 0.344 e. The zero-order valence-corrected chi connectivity index (χ0v) is 18.0. The molecule has 0 saturated carbocycles. The van der Waals surface area contributed by atoms with Crippen molar-refractivity contribution in [2.75, 3.05) is 32.6 Å². The standard InChI is InChI=1S/C18H18ClN3O8S/c1-21(2)31(27,28)16-9-12(7-8-13(16)19)20-17(23)10-30-18(24)11-29-15-6-4-3-5-14(15)22(25)26/h3-9H,10-11H2,1-2H3,(H,20,23). The van der Waals surface area contributed by atoms with E-state index in [9.17, 15) is 28.1 Å². The van der Waals surface area contributed by atoms with Crippen LogP contribution in [0, 0.1) is 10.1 Å². The summed E-state index contributed by atoms with van der Waals surface area (Å²) in [6.45, 7) is -1.33. The van der Waals surface area contributed by atoms with Gasteiger partial charge in [0, 0.05) is 25.8 Å². The largest absolute Gasteiger partial charge is 0.475 e. The number of halogens is 1. The molecule has 0 bridgehead atoms. The predicted octanol–water partition coefficient (Wildman–Crippen LogP) is 2.06. The molecule has 0 fully saturated rings. The molecule has 0 spiro atoms. The summed E-state index contributed by atoms with van der Waals surface area (Å²) >= 11 is 5.94. The minimum absolute atomic E-state index is 0.0229. The van der Waals surface area contributed by atoms with Crippen LogP contribution in [0.4, 0.5) is 11.4 Å². The molecule has 0 radical (unpaired) electrons. The highest BCUT2D eigenvalue weighted by Crippen LogP contribution is 2.27. The summed E-state index contributed by atoms with van der Waals surface area (Å²) in [4.78, 5) is 33.8. The fourth-order valence-corrected chi connectivity index (χ4v) is 3.62. The summed E-state index contributed by atoms with van der Waals surface area (Å²) in [5.74, 6) is -1.79. The lowest BCUT2D eigenvalue weighted by molar-refractivity contribution is -0.385. The summed E-state index contributed by atoms with van der Waals surface area (Å²) in [7, 11) is -1.16. The van der Waals surface area contributed by atoms with Gasteiger partial charge in [0.05, 0.1) is 9.95 Å². The van der Waals surface area contributed by atoms with Crippen LogP contribution in [0.2, 0.25) is 5.02 Å². The zero-order valence-electron chi connectivity index (χ0n) is 16.4. The van der Waals surface area contributed by atoms with Crippen LogP contribution >= 0.6 is 11.6 Å². The van der Waals surface area contributed by atoms with Crippen molar-refractivity contribution >= 4 is 44.9 Å². The number of carbonyl (C=O) groups is 2. The third kappa shape index (κ3) is 6.38. The highest BCUT2D eigenvalue weighted by atomic mass is 35.5. The molecule has 31 heavy (non-hydrogen) atoms. The van der Waals surface area contributed by atoms with E-state index in [0.29, 0.717) is 0 Å². The van der Waals surface area contributed by atoms with Gasteiger partial charge in [0.2, 0.25) is 10.0 Å². The van der Waals surface area contributed by atoms with Gasteiger partial charge in [0.15, 0.2) is 19.0 Å². The number of para-hydroxylation sites is 2. The lowest BCUT2D eigenvalue weighted by Crippen LogP contribution is -2.24. The van der Waals surface area contributed by atoms with Crippen LogP contribution in [0.5, 0.6) is 5.75 Å². The molecule has 2 aromatic carbocycles. The summed E-state index contributed by atoms with van der Waals surface area (Å²) in [6, 6.07) is 9.34. The number of ether oxygens (including phenoxy) is 2. The number of nitrogens with one attached hydrogen (secondary N) is 1. The topological polar surface area (TPSA) is 145 Å². The lowest BCUT2D eigenvalue weighted by atomic mass is 10.3. The molecule has 0 heterocycles. The third-order valence-corrected chi connectivity index (χ3v) is 6.04. The quantitative estimate of drug-likeness (QED) is 0.332. The van der Waals surface area contributed by atoms with Gasteiger partial charge in [-0.25, -0.2) is 17.5 Å². The van der Waals surface area contributed by atoms with Crippen molar-refractivity contribution in [3.8, 4) is 5.75 Å². The Bertz CT molecular complexity index is 1100. The molecule has 0 atom stereocenters.